The maximum absolute atomic E-state index is 14.1. The molecule has 0 aliphatic carbocycles. The van der Waals surface area contributed by atoms with Gasteiger partial charge in [-0.1, -0.05) is 37.3 Å². The van der Waals surface area contributed by atoms with Gasteiger partial charge in [0.2, 0.25) is 0 Å². The zero-order valence-corrected chi connectivity index (χ0v) is 19.6. The van der Waals surface area contributed by atoms with Crippen LogP contribution in [0.1, 0.15) is 50.4 Å². The van der Waals surface area contributed by atoms with Crippen molar-refractivity contribution in [1.29, 1.82) is 0 Å². The molecule has 0 saturated carbocycles. The van der Waals surface area contributed by atoms with E-state index in [9.17, 15) is 18.3 Å². The molecule has 1 N–H and O–H groups in total. The number of nitrogens with zero attached hydrogens (tertiary/aromatic N) is 2. The second-order valence-corrected chi connectivity index (χ2v) is 8.02. The van der Waals surface area contributed by atoms with Crippen molar-refractivity contribution in [1.82, 2.24) is 9.78 Å². The first-order chi connectivity index (χ1) is 15.0. The monoisotopic (exact) mass is 468 g/mol. The van der Waals surface area contributed by atoms with Crippen molar-refractivity contribution in [2.45, 2.75) is 59.8 Å². The summed E-state index contributed by atoms with van der Waals surface area (Å²) in [7, 11) is 0. The van der Waals surface area contributed by atoms with Gasteiger partial charge in [-0.2, -0.15) is 13.9 Å². The molecule has 0 aliphatic rings. The van der Waals surface area contributed by atoms with Crippen molar-refractivity contribution < 1.29 is 23.0 Å². The minimum atomic E-state index is -3.07. The van der Waals surface area contributed by atoms with Crippen LogP contribution in [-0.2, 0) is 6.54 Å². The minimum Gasteiger partial charge on any atom is -0.434 e. The Hall–Kier alpha value is -2.51. The zero-order valence-electron chi connectivity index (χ0n) is 18.8. The highest BCUT2D eigenvalue weighted by Gasteiger charge is 2.24. The maximum Gasteiger partial charge on any atom is 0.387 e. The Morgan fingerprint density at radius 2 is 2.00 bits per heavy atom. The average Bonchev–Trinajstić information content (AvgIpc) is 3.04. The van der Waals surface area contributed by atoms with Crippen LogP contribution < -0.4 is 4.74 Å². The summed E-state index contributed by atoms with van der Waals surface area (Å²) in [5.74, 6) is -1.46. The first-order valence-corrected chi connectivity index (χ1v) is 10.5. The molecule has 0 aliphatic heterocycles. The highest BCUT2D eigenvalue weighted by atomic mass is 35.5. The molecule has 0 amide bonds. The Bertz CT molecular complexity index is 1040. The summed E-state index contributed by atoms with van der Waals surface area (Å²) in [6.45, 7) is 10.5. The highest BCUT2D eigenvalue weighted by molar-refractivity contribution is 6.31. The van der Waals surface area contributed by atoms with Gasteiger partial charge in [-0.25, -0.2) is 4.39 Å². The highest BCUT2D eigenvalue weighted by Crippen LogP contribution is 2.41. The van der Waals surface area contributed by atoms with Gasteiger partial charge in [0.25, 0.3) is 0 Å². The van der Waals surface area contributed by atoms with Crippen LogP contribution in [0.4, 0.5) is 13.2 Å². The van der Waals surface area contributed by atoms with Gasteiger partial charge in [0, 0.05) is 22.7 Å². The molecule has 2 atom stereocenters. The first kappa shape index (κ1) is 25.7. The molecule has 0 saturated heterocycles. The maximum atomic E-state index is 14.1. The van der Waals surface area contributed by atoms with Crippen molar-refractivity contribution in [3.05, 3.63) is 75.9 Å². The van der Waals surface area contributed by atoms with Crippen LogP contribution >= 0.6 is 11.6 Å². The van der Waals surface area contributed by atoms with Crippen LogP contribution in [-0.4, -0.2) is 27.6 Å². The lowest BCUT2D eigenvalue weighted by Gasteiger charge is -2.22. The van der Waals surface area contributed by atoms with Gasteiger partial charge in [0.15, 0.2) is 0 Å². The molecule has 0 bridgehead atoms. The van der Waals surface area contributed by atoms with Gasteiger partial charge in [-0.15, -0.1) is 0 Å². The lowest BCUT2D eigenvalue weighted by atomic mass is 9.86. The second kappa shape index (κ2) is 10.9. The number of aromatic nitrogens is 2. The molecule has 1 aromatic carbocycles. The third-order valence-electron chi connectivity index (χ3n) is 5.25. The topological polar surface area (TPSA) is 47.3 Å². The zero-order chi connectivity index (χ0) is 24.2. The quantitative estimate of drug-likeness (QED) is 0.418. The molecule has 32 heavy (non-hydrogen) atoms. The molecule has 1 aromatic heterocycles. The molecule has 8 heteroatoms. The van der Waals surface area contributed by atoms with Crippen LogP contribution in [0.5, 0.6) is 5.75 Å². The fraction of sp³-hybridized carbons (Fsp3) is 0.375. The van der Waals surface area contributed by atoms with Crippen LogP contribution in [0.3, 0.4) is 0 Å². The Morgan fingerprint density at radius 3 is 2.56 bits per heavy atom. The lowest BCUT2D eigenvalue weighted by Crippen LogP contribution is -2.14. The summed E-state index contributed by atoms with van der Waals surface area (Å²) < 4.78 is 46.2. The summed E-state index contributed by atoms with van der Waals surface area (Å²) in [6, 6.07) is 2.15. The van der Waals surface area contributed by atoms with E-state index in [4.69, 9.17) is 11.6 Å². The predicted octanol–water partition coefficient (Wildman–Crippen LogP) is 6.68. The smallest absolute Gasteiger partial charge is 0.387 e. The Balaban J connectivity index is 2.40. The van der Waals surface area contributed by atoms with E-state index in [2.05, 4.69) is 16.4 Å². The lowest BCUT2D eigenvalue weighted by molar-refractivity contribution is -0.0505. The van der Waals surface area contributed by atoms with Crippen LogP contribution in [0.2, 0.25) is 5.02 Å². The second-order valence-electron chi connectivity index (χ2n) is 7.64. The summed E-state index contributed by atoms with van der Waals surface area (Å²) in [4.78, 5) is 0. The van der Waals surface area contributed by atoms with Crippen LogP contribution in [0, 0.1) is 12.7 Å². The molecular formula is C24H28ClF3N2O2. The number of allylic oxidation sites excluding steroid dienone is 5. The van der Waals surface area contributed by atoms with E-state index in [-0.39, 0.29) is 16.3 Å². The average molecular weight is 469 g/mol. The van der Waals surface area contributed by atoms with Gasteiger partial charge in [-0.05, 0) is 56.5 Å². The Morgan fingerprint density at radius 1 is 1.34 bits per heavy atom. The van der Waals surface area contributed by atoms with Crippen molar-refractivity contribution in [2.75, 3.05) is 0 Å². The van der Waals surface area contributed by atoms with E-state index in [0.29, 0.717) is 17.7 Å². The largest absolute Gasteiger partial charge is 0.434 e. The van der Waals surface area contributed by atoms with Gasteiger partial charge < -0.3 is 9.84 Å². The predicted molar refractivity (Wildman–Crippen MR) is 122 cm³/mol. The number of hydrogen-bond donors (Lipinski definition) is 1. The fourth-order valence-electron chi connectivity index (χ4n) is 3.71. The number of halogens is 4. The molecule has 2 unspecified atom stereocenters. The van der Waals surface area contributed by atoms with Crippen molar-refractivity contribution in [2.24, 2.45) is 0 Å². The number of rotatable bonds is 9. The van der Waals surface area contributed by atoms with E-state index in [1.54, 1.807) is 37.7 Å². The first-order valence-electron chi connectivity index (χ1n) is 10.1. The number of aliphatic hydroxyl groups excluding tert-OH is 1. The molecule has 2 rings (SSSR count). The standard InChI is InChI=1S/C24H28ClF3N2O2/c1-7-18(16(5)22-21(32-24(27)28)9-8-20(26)23(22)25)13(2)10-14(3)19-11-29-30(17(19)6)12-15(4)31/h7-11,15-16,24,31H,2,12H2,1,3-6H3. The number of ether oxygens (including phenoxy) is 1. The minimum absolute atomic E-state index is 0.133. The van der Waals surface area contributed by atoms with Crippen molar-refractivity contribution in [3.63, 3.8) is 0 Å². The van der Waals surface area contributed by atoms with Gasteiger partial charge >= 0.3 is 6.61 Å². The van der Waals surface area contributed by atoms with E-state index in [1.165, 1.54) is 0 Å². The fourth-order valence-corrected chi connectivity index (χ4v) is 4.03. The molecule has 0 fully saturated rings. The van der Waals surface area contributed by atoms with Crippen molar-refractivity contribution in [3.8, 4) is 5.75 Å². The molecule has 0 radical (unpaired) electrons. The summed E-state index contributed by atoms with van der Waals surface area (Å²) in [6.07, 6.45) is 4.82. The van der Waals surface area contributed by atoms with Gasteiger partial charge in [0.05, 0.1) is 23.9 Å². The number of aliphatic hydroxyl groups is 1. The summed E-state index contributed by atoms with van der Waals surface area (Å²) in [5.41, 5.74) is 4.09. The molecule has 1 heterocycles. The molecule has 174 valence electrons. The normalized spacial score (nSPS) is 14.6. The van der Waals surface area contributed by atoms with E-state index >= 15 is 0 Å². The third kappa shape index (κ3) is 5.84. The van der Waals surface area contributed by atoms with Gasteiger partial charge in [0.1, 0.15) is 11.6 Å². The van der Waals surface area contributed by atoms with E-state index in [1.807, 2.05) is 19.9 Å². The van der Waals surface area contributed by atoms with E-state index in [0.717, 1.165) is 29.0 Å². The number of benzene rings is 1. The number of hydrogen-bond acceptors (Lipinski definition) is 3. The molecule has 4 nitrogen and oxygen atoms in total. The Labute approximate surface area is 191 Å². The van der Waals surface area contributed by atoms with Crippen LogP contribution in [0.25, 0.3) is 5.57 Å². The summed E-state index contributed by atoms with van der Waals surface area (Å²) >= 11 is 6.15. The van der Waals surface area contributed by atoms with Crippen LogP contribution in [0.15, 0.2) is 48.2 Å². The Kier molecular flexibility index (Phi) is 8.75. The van der Waals surface area contributed by atoms with Gasteiger partial charge in [-0.3, -0.25) is 4.68 Å². The SMILES string of the molecule is C=C(C=C(C)c1cnn(CC(C)O)c1C)C(=CC)C(C)c1c(OC(F)F)ccc(F)c1Cl. The molecular weight excluding hydrogens is 441 g/mol. The summed E-state index contributed by atoms with van der Waals surface area (Å²) in [5, 5.41) is 13.7. The molecule has 2 aromatic rings. The molecule has 0 spiro atoms. The van der Waals surface area contributed by atoms with E-state index < -0.39 is 24.5 Å². The third-order valence-corrected chi connectivity index (χ3v) is 5.63. The van der Waals surface area contributed by atoms with Crippen molar-refractivity contribution >= 4 is 17.2 Å². The number of alkyl halides is 2.